The van der Waals surface area contributed by atoms with Crippen LogP contribution < -0.4 is 4.72 Å². The van der Waals surface area contributed by atoms with Crippen LogP contribution in [-0.4, -0.2) is 27.4 Å². The highest BCUT2D eigenvalue weighted by Gasteiger charge is 2.18. The lowest BCUT2D eigenvalue weighted by Crippen LogP contribution is -2.30. The van der Waals surface area contributed by atoms with Gasteiger partial charge in [-0.05, 0) is 29.8 Å². The van der Waals surface area contributed by atoms with Crippen LogP contribution in [0.2, 0.25) is 5.02 Å². The fraction of sp³-hybridized carbons (Fsp3) is 0.250. The van der Waals surface area contributed by atoms with Crippen molar-refractivity contribution in [1.82, 2.24) is 4.72 Å². The largest absolute Gasteiger partial charge is 0.371 e. The summed E-state index contributed by atoms with van der Waals surface area (Å²) in [6.07, 6.45) is -0.406. The topological polar surface area (TPSA) is 55.4 Å². The molecule has 0 radical (unpaired) electrons. The first-order chi connectivity index (χ1) is 11.0. The first-order valence-electron chi connectivity index (χ1n) is 7.00. The van der Waals surface area contributed by atoms with Crippen LogP contribution in [0.4, 0.5) is 0 Å². The van der Waals surface area contributed by atoms with Crippen molar-refractivity contribution >= 4 is 33.2 Å². The Labute approximate surface area is 146 Å². The first-order valence-corrected chi connectivity index (χ1v) is 9.40. The average Bonchev–Trinajstić information content (AvgIpc) is 2.56. The number of rotatable bonds is 8. The lowest BCUT2D eigenvalue weighted by molar-refractivity contribution is 0.0676. The minimum atomic E-state index is -3.63. The fourth-order valence-electron chi connectivity index (χ4n) is 2.01. The van der Waals surface area contributed by atoms with Crippen molar-refractivity contribution in [3.63, 3.8) is 0 Å². The number of hydrogen-bond donors (Lipinski definition) is 1. The highest BCUT2D eigenvalue weighted by atomic mass is 35.5. The lowest BCUT2D eigenvalue weighted by atomic mass is 10.1. The molecule has 0 spiro atoms. The molecule has 2 rings (SSSR count). The third kappa shape index (κ3) is 5.48. The Hall–Kier alpha value is -1.11. The van der Waals surface area contributed by atoms with Crippen molar-refractivity contribution < 1.29 is 13.2 Å². The van der Waals surface area contributed by atoms with Gasteiger partial charge in [0.25, 0.3) is 0 Å². The molecule has 0 aliphatic heterocycles. The van der Waals surface area contributed by atoms with Gasteiger partial charge < -0.3 is 4.74 Å². The molecule has 0 saturated carbocycles. The predicted octanol–water partition coefficient (Wildman–Crippen LogP) is 3.62. The molecule has 0 fully saturated rings. The molecular weight excluding hydrogens is 357 g/mol. The summed E-state index contributed by atoms with van der Waals surface area (Å²) >= 11 is 11.4. The van der Waals surface area contributed by atoms with Gasteiger partial charge in [0.15, 0.2) is 0 Å². The molecule has 1 atom stereocenters. The van der Waals surface area contributed by atoms with Gasteiger partial charge >= 0.3 is 0 Å². The highest BCUT2D eigenvalue weighted by molar-refractivity contribution is 7.89. The number of hydrogen-bond acceptors (Lipinski definition) is 3. The third-order valence-electron chi connectivity index (χ3n) is 3.15. The number of ether oxygens (including phenoxy) is 1. The minimum Gasteiger partial charge on any atom is -0.371 e. The van der Waals surface area contributed by atoms with Crippen LogP contribution in [0.5, 0.6) is 0 Å². The van der Waals surface area contributed by atoms with Gasteiger partial charge in [-0.1, -0.05) is 41.9 Å². The second-order valence-corrected chi connectivity index (χ2v) is 7.35. The second-order valence-electron chi connectivity index (χ2n) is 4.76. The molecule has 0 aliphatic carbocycles. The number of alkyl halides is 1. The minimum absolute atomic E-state index is 0.117. The molecule has 0 amide bonds. The standard InChI is InChI=1S/C16H17Cl2NO3S/c17-10-11-22-16(13-4-2-1-3-5-13)12-19-23(20,21)15-8-6-14(18)7-9-15/h1-9,16,19H,10-12H2. The van der Waals surface area contributed by atoms with E-state index in [0.29, 0.717) is 17.5 Å². The monoisotopic (exact) mass is 373 g/mol. The van der Waals surface area contributed by atoms with Gasteiger partial charge in [-0.25, -0.2) is 13.1 Å². The molecule has 0 heterocycles. The second kappa shape index (κ2) is 8.66. The molecule has 0 saturated heterocycles. The van der Waals surface area contributed by atoms with Crippen LogP contribution in [0, 0.1) is 0 Å². The fourth-order valence-corrected chi connectivity index (χ4v) is 3.26. The normalized spacial score (nSPS) is 13.0. The van der Waals surface area contributed by atoms with Gasteiger partial charge in [0, 0.05) is 17.4 Å². The summed E-state index contributed by atoms with van der Waals surface area (Å²) in [6.45, 7) is 0.454. The Bertz CT molecular complexity index is 706. The van der Waals surface area contributed by atoms with E-state index in [0.717, 1.165) is 5.56 Å². The summed E-state index contributed by atoms with van der Waals surface area (Å²) in [7, 11) is -3.63. The van der Waals surface area contributed by atoms with Crippen molar-refractivity contribution in [3.05, 3.63) is 65.2 Å². The average molecular weight is 374 g/mol. The molecule has 0 bridgehead atoms. The van der Waals surface area contributed by atoms with Gasteiger partial charge in [0.05, 0.1) is 17.6 Å². The molecule has 124 valence electrons. The molecule has 0 aromatic heterocycles. The number of sulfonamides is 1. The van der Waals surface area contributed by atoms with Crippen LogP contribution >= 0.6 is 23.2 Å². The summed E-state index contributed by atoms with van der Waals surface area (Å²) in [5.74, 6) is 0.341. The summed E-state index contributed by atoms with van der Waals surface area (Å²) in [5.41, 5.74) is 0.886. The maximum Gasteiger partial charge on any atom is 0.240 e. The molecule has 0 aliphatic rings. The van der Waals surface area contributed by atoms with Crippen LogP contribution in [-0.2, 0) is 14.8 Å². The quantitative estimate of drug-likeness (QED) is 0.718. The molecule has 2 aromatic rings. The van der Waals surface area contributed by atoms with Gasteiger partial charge in [0.1, 0.15) is 0 Å². The van der Waals surface area contributed by atoms with Crippen molar-refractivity contribution in [3.8, 4) is 0 Å². The van der Waals surface area contributed by atoms with E-state index in [1.807, 2.05) is 30.3 Å². The van der Waals surface area contributed by atoms with Gasteiger partial charge in [0.2, 0.25) is 10.0 Å². The zero-order valence-corrected chi connectivity index (χ0v) is 14.6. The van der Waals surface area contributed by atoms with E-state index in [2.05, 4.69) is 4.72 Å². The number of benzene rings is 2. The third-order valence-corrected chi connectivity index (χ3v) is 5.00. The Balaban J connectivity index is 2.09. The van der Waals surface area contributed by atoms with Crippen LogP contribution in [0.3, 0.4) is 0 Å². The zero-order chi connectivity index (χ0) is 16.7. The van der Waals surface area contributed by atoms with Crippen molar-refractivity contribution in [2.75, 3.05) is 19.0 Å². The maximum atomic E-state index is 12.3. The number of halogens is 2. The van der Waals surface area contributed by atoms with E-state index in [4.69, 9.17) is 27.9 Å². The molecule has 2 aromatic carbocycles. The molecule has 1 N–H and O–H groups in total. The highest BCUT2D eigenvalue weighted by Crippen LogP contribution is 2.18. The van der Waals surface area contributed by atoms with E-state index < -0.39 is 16.1 Å². The van der Waals surface area contributed by atoms with Gasteiger partial charge in [-0.3, -0.25) is 0 Å². The smallest absolute Gasteiger partial charge is 0.240 e. The molecule has 7 heteroatoms. The van der Waals surface area contributed by atoms with E-state index in [1.165, 1.54) is 24.3 Å². The van der Waals surface area contributed by atoms with Crippen LogP contribution in [0.15, 0.2) is 59.5 Å². The van der Waals surface area contributed by atoms with E-state index in [-0.39, 0.29) is 11.4 Å². The Kier molecular flexibility index (Phi) is 6.87. The summed E-state index contributed by atoms with van der Waals surface area (Å²) in [6, 6.07) is 15.4. The summed E-state index contributed by atoms with van der Waals surface area (Å²) < 4.78 is 32.8. The number of nitrogens with one attached hydrogen (secondary N) is 1. The molecule has 4 nitrogen and oxygen atoms in total. The molecule has 23 heavy (non-hydrogen) atoms. The summed E-state index contributed by atoms with van der Waals surface area (Å²) in [4.78, 5) is 0.158. The zero-order valence-electron chi connectivity index (χ0n) is 12.3. The van der Waals surface area contributed by atoms with Crippen molar-refractivity contribution in [2.45, 2.75) is 11.0 Å². The maximum absolute atomic E-state index is 12.3. The predicted molar refractivity (Wildman–Crippen MR) is 92.5 cm³/mol. The van der Waals surface area contributed by atoms with E-state index >= 15 is 0 Å². The molecular formula is C16H17Cl2NO3S. The first kappa shape index (κ1) is 18.2. The van der Waals surface area contributed by atoms with E-state index in [9.17, 15) is 8.42 Å². The van der Waals surface area contributed by atoms with Crippen molar-refractivity contribution in [2.24, 2.45) is 0 Å². The van der Waals surface area contributed by atoms with Crippen LogP contribution in [0.25, 0.3) is 0 Å². The Morgan fingerprint density at radius 3 is 2.30 bits per heavy atom. The van der Waals surface area contributed by atoms with Gasteiger partial charge in [-0.2, -0.15) is 0 Å². The SMILES string of the molecule is O=S(=O)(NCC(OCCCl)c1ccccc1)c1ccc(Cl)cc1. The lowest BCUT2D eigenvalue weighted by Gasteiger charge is -2.18. The van der Waals surface area contributed by atoms with Gasteiger partial charge in [-0.15, -0.1) is 11.6 Å². The Morgan fingerprint density at radius 1 is 1.04 bits per heavy atom. The van der Waals surface area contributed by atoms with Crippen LogP contribution in [0.1, 0.15) is 11.7 Å². The van der Waals surface area contributed by atoms with Crippen molar-refractivity contribution in [1.29, 1.82) is 0 Å². The van der Waals surface area contributed by atoms with E-state index in [1.54, 1.807) is 0 Å². The molecule has 1 unspecified atom stereocenters. The summed E-state index contributed by atoms with van der Waals surface area (Å²) in [5, 5.41) is 0.483. The Morgan fingerprint density at radius 2 is 1.70 bits per heavy atom.